The minimum atomic E-state index is 0.264. The maximum absolute atomic E-state index is 11.3. The van der Waals surface area contributed by atoms with Crippen molar-refractivity contribution >= 4 is 5.78 Å². The maximum Gasteiger partial charge on any atom is 0.135 e. The zero-order chi connectivity index (χ0) is 11.2. The third kappa shape index (κ3) is 3.65. The van der Waals surface area contributed by atoms with Crippen LogP contribution in [0.1, 0.15) is 53.9 Å². The fourth-order valence-electron chi connectivity index (χ4n) is 2.12. The average Bonchev–Trinajstić information content (AvgIpc) is 2.16. The fraction of sp³-hybridized carbons (Fsp3) is 0.769. The number of rotatable bonds is 1. The predicted molar refractivity (Wildman–Crippen MR) is 62.3 cm³/mol. The number of Topliss-reactive ketones (excluding diaryl/α,β-unsaturated/α-hetero) is 1. The van der Waals surface area contributed by atoms with Crippen molar-refractivity contribution in [3.63, 3.8) is 0 Å². The smallest absolute Gasteiger partial charge is 0.135 e. The van der Waals surface area contributed by atoms with Crippen molar-refractivity contribution < 1.29 is 4.79 Å². The van der Waals surface area contributed by atoms with Crippen LogP contribution < -0.4 is 0 Å². The van der Waals surface area contributed by atoms with E-state index in [-0.39, 0.29) is 11.3 Å². The third-order valence-corrected chi connectivity index (χ3v) is 2.83. The molecule has 0 aromatic carbocycles. The van der Waals surface area contributed by atoms with Crippen molar-refractivity contribution in [2.24, 2.45) is 11.3 Å². The molecule has 1 rings (SSSR count). The van der Waals surface area contributed by atoms with Crippen LogP contribution in [0.4, 0.5) is 0 Å². The Hall–Kier alpha value is -0.590. The molecule has 1 aliphatic carbocycles. The molecule has 14 heavy (non-hydrogen) atoms. The van der Waals surface area contributed by atoms with Gasteiger partial charge in [-0.3, -0.25) is 4.79 Å². The first-order valence-corrected chi connectivity index (χ1v) is 5.74. The SMILES string of the molecule is C/C=C/[C@]1(C)CCC(=O)[C@@H](C)C1.CC. The first-order valence-electron chi connectivity index (χ1n) is 5.74. The second kappa shape index (κ2) is 6.00. The molecular weight excluding hydrogens is 172 g/mol. The van der Waals surface area contributed by atoms with Gasteiger partial charge >= 0.3 is 0 Å². The summed E-state index contributed by atoms with van der Waals surface area (Å²) in [5.41, 5.74) is 0.280. The van der Waals surface area contributed by atoms with E-state index in [1.165, 1.54) is 0 Å². The van der Waals surface area contributed by atoms with Crippen LogP contribution in [0.25, 0.3) is 0 Å². The summed E-state index contributed by atoms with van der Waals surface area (Å²) < 4.78 is 0. The van der Waals surface area contributed by atoms with Crippen LogP contribution >= 0.6 is 0 Å². The van der Waals surface area contributed by atoms with Crippen LogP contribution in [0.2, 0.25) is 0 Å². The summed E-state index contributed by atoms with van der Waals surface area (Å²) in [7, 11) is 0. The molecule has 1 fully saturated rings. The highest BCUT2D eigenvalue weighted by Crippen LogP contribution is 2.38. The van der Waals surface area contributed by atoms with Gasteiger partial charge in [-0.25, -0.2) is 0 Å². The van der Waals surface area contributed by atoms with Crippen LogP contribution in [0, 0.1) is 11.3 Å². The molecule has 0 aromatic rings. The quantitative estimate of drug-likeness (QED) is 0.580. The summed E-state index contributed by atoms with van der Waals surface area (Å²) in [6.07, 6.45) is 7.16. The summed E-state index contributed by atoms with van der Waals surface area (Å²) in [5.74, 6) is 0.705. The Bertz CT molecular complexity index is 205. The lowest BCUT2D eigenvalue weighted by Crippen LogP contribution is -2.28. The maximum atomic E-state index is 11.3. The van der Waals surface area contributed by atoms with Gasteiger partial charge in [0.25, 0.3) is 0 Å². The van der Waals surface area contributed by atoms with Crippen LogP contribution in [0.15, 0.2) is 12.2 Å². The molecule has 0 aromatic heterocycles. The van der Waals surface area contributed by atoms with E-state index in [2.05, 4.69) is 19.1 Å². The summed E-state index contributed by atoms with van der Waals surface area (Å²) in [6, 6.07) is 0. The van der Waals surface area contributed by atoms with Gasteiger partial charge in [0, 0.05) is 12.3 Å². The summed E-state index contributed by atoms with van der Waals surface area (Å²) in [5, 5.41) is 0. The number of hydrogen-bond donors (Lipinski definition) is 0. The Kier molecular flexibility index (Phi) is 5.75. The second-order valence-electron chi connectivity index (χ2n) is 4.23. The van der Waals surface area contributed by atoms with Gasteiger partial charge in [0.15, 0.2) is 0 Å². The van der Waals surface area contributed by atoms with E-state index in [9.17, 15) is 4.79 Å². The molecule has 2 atom stereocenters. The Morgan fingerprint density at radius 1 is 1.43 bits per heavy atom. The highest BCUT2D eigenvalue weighted by molar-refractivity contribution is 5.81. The van der Waals surface area contributed by atoms with Gasteiger partial charge in [-0.1, -0.05) is 39.8 Å². The van der Waals surface area contributed by atoms with Crippen molar-refractivity contribution in [1.82, 2.24) is 0 Å². The zero-order valence-electron chi connectivity index (χ0n) is 10.3. The summed E-state index contributed by atoms with van der Waals surface area (Å²) in [6.45, 7) is 10.3. The zero-order valence-corrected chi connectivity index (χ0v) is 10.3. The van der Waals surface area contributed by atoms with Crippen LogP contribution in [0.3, 0.4) is 0 Å². The number of carbonyl (C=O) groups excluding carboxylic acids is 1. The van der Waals surface area contributed by atoms with Gasteiger partial charge in [-0.05, 0) is 25.2 Å². The van der Waals surface area contributed by atoms with Gasteiger partial charge < -0.3 is 0 Å². The molecule has 0 aliphatic heterocycles. The molecule has 1 heteroatoms. The highest BCUT2D eigenvalue weighted by Gasteiger charge is 2.32. The summed E-state index contributed by atoms with van der Waals surface area (Å²) in [4.78, 5) is 11.3. The Morgan fingerprint density at radius 2 is 2.00 bits per heavy atom. The average molecular weight is 196 g/mol. The first kappa shape index (κ1) is 13.4. The van der Waals surface area contributed by atoms with Gasteiger partial charge in [0.2, 0.25) is 0 Å². The van der Waals surface area contributed by atoms with Gasteiger partial charge in [0.05, 0.1) is 0 Å². The predicted octanol–water partition coefficient (Wildman–Crippen LogP) is 3.98. The van der Waals surface area contributed by atoms with Crippen LogP contribution in [-0.2, 0) is 4.79 Å². The summed E-state index contributed by atoms with van der Waals surface area (Å²) >= 11 is 0. The number of hydrogen-bond acceptors (Lipinski definition) is 1. The van der Waals surface area contributed by atoms with Crippen molar-refractivity contribution in [2.75, 3.05) is 0 Å². The van der Waals surface area contributed by atoms with E-state index >= 15 is 0 Å². The molecule has 0 unspecified atom stereocenters. The Balaban J connectivity index is 0.000000791. The number of carbonyl (C=O) groups is 1. The normalized spacial score (nSPS) is 32.6. The van der Waals surface area contributed by atoms with Crippen molar-refractivity contribution in [1.29, 1.82) is 0 Å². The lowest BCUT2D eigenvalue weighted by Gasteiger charge is -2.33. The number of allylic oxidation sites excluding steroid dienone is 2. The van der Waals surface area contributed by atoms with E-state index in [0.717, 1.165) is 19.3 Å². The molecule has 1 aliphatic rings. The van der Waals surface area contributed by atoms with Gasteiger partial charge in [-0.2, -0.15) is 0 Å². The lowest BCUT2D eigenvalue weighted by atomic mass is 9.71. The van der Waals surface area contributed by atoms with Gasteiger partial charge in [-0.15, -0.1) is 0 Å². The van der Waals surface area contributed by atoms with Gasteiger partial charge in [0.1, 0.15) is 5.78 Å². The lowest BCUT2D eigenvalue weighted by molar-refractivity contribution is -0.125. The molecule has 1 saturated carbocycles. The first-order chi connectivity index (χ1) is 6.57. The molecule has 0 radical (unpaired) electrons. The Morgan fingerprint density at radius 3 is 2.43 bits per heavy atom. The third-order valence-electron chi connectivity index (χ3n) is 2.83. The van der Waals surface area contributed by atoms with Crippen molar-refractivity contribution in [2.45, 2.75) is 53.9 Å². The topological polar surface area (TPSA) is 17.1 Å². The standard InChI is InChI=1S/C11H18O.C2H6/c1-4-6-11(3)7-5-10(12)9(2)8-11;1-2/h4,6,9H,5,7-8H2,1-3H3;1-2H3/b6-4+;/t9-,11+;/m0./s1. The molecular formula is C13H24O. The molecule has 0 saturated heterocycles. The van der Waals surface area contributed by atoms with E-state index in [1.807, 2.05) is 27.7 Å². The molecule has 0 amide bonds. The molecule has 1 nitrogen and oxygen atoms in total. The van der Waals surface area contributed by atoms with Crippen LogP contribution in [0.5, 0.6) is 0 Å². The number of ketones is 1. The second-order valence-corrected chi connectivity index (χ2v) is 4.23. The molecule has 0 bridgehead atoms. The van der Waals surface area contributed by atoms with E-state index < -0.39 is 0 Å². The molecule has 82 valence electrons. The minimum absolute atomic E-state index is 0.264. The Labute approximate surface area is 88.6 Å². The highest BCUT2D eigenvalue weighted by atomic mass is 16.1. The van der Waals surface area contributed by atoms with E-state index in [4.69, 9.17) is 0 Å². The van der Waals surface area contributed by atoms with Crippen LogP contribution in [-0.4, -0.2) is 5.78 Å². The van der Waals surface area contributed by atoms with Crippen molar-refractivity contribution in [3.05, 3.63) is 12.2 Å². The molecule has 0 heterocycles. The molecule has 0 N–H and O–H groups in total. The monoisotopic (exact) mass is 196 g/mol. The minimum Gasteiger partial charge on any atom is -0.299 e. The molecule has 0 spiro atoms. The largest absolute Gasteiger partial charge is 0.299 e. The van der Waals surface area contributed by atoms with E-state index in [0.29, 0.717) is 5.78 Å². The fourth-order valence-corrected chi connectivity index (χ4v) is 2.12. The van der Waals surface area contributed by atoms with E-state index in [1.54, 1.807) is 0 Å². The van der Waals surface area contributed by atoms with Crippen molar-refractivity contribution in [3.8, 4) is 0 Å².